The summed E-state index contributed by atoms with van der Waals surface area (Å²) < 4.78 is 0. The van der Waals surface area contributed by atoms with Gasteiger partial charge < -0.3 is 10.6 Å². The molecule has 0 fully saturated rings. The Morgan fingerprint density at radius 3 is 2.89 bits per heavy atom. The van der Waals surface area contributed by atoms with Crippen LogP contribution in [0.1, 0.15) is 24.0 Å². The van der Waals surface area contributed by atoms with E-state index in [1.807, 2.05) is 6.92 Å². The highest BCUT2D eigenvalue weighted by atomic mass is 15.2. The molecule has 2 N–H and O–H groups in total. The van der Waals surface area contributed by atoms with Crippen LogP contribution in [0.2, 0.25) is 0 Å². The van der Waals surface area contributed by atoms with Crippen LogP contribution in [-0.2, 0) is 13.0 Å². The molecule has 2 heterocycles. The molecule has 19 heavy (non-hydrogen) atoms. The lowest BCUT2D eigenvalue weighted by atomic mass is 10.1. The molecule has 4 nitrogen and oxygen atoms in total. The Kier molecular flexibility index (Phi) is 2.85. The van der Waals surface area contributed by atoms with Crippen molar-refractivity contribution < 1.29 is 0 Å². The molecule has 0 saturated heterocycles. The average Bonchev–Trinajstić information content (AvgIpc) is 2.65. The second kappa shape index (κ2) is 4.53. The van der Waals surface area contributed by atoms with E-state index in [0.717, 1.165) is 17.9 Å². The van der Waals surface area contributed by atoms with Gasteiger partial charge in [0.05, 0.1) is 6.54 Å². The Balaban J connectivity index is 1.91. The topological polar surface area (TPSA) is 55.0 Å². The molecule has 4 heteroatoms. The zero-order chi connectivity index (χ0) is 13.4. The number of nitrogens with zero attached hydrogens (tertiary/aromatic N) is 3. The number of para-hydroxylation sites is 1. The Labute approximate surface area is 113 Å². The standard InChI is InChI=1S/C15H18N4/c1-10-7-14(16)18-15(17-10)9-19-11(2)8-12-5-3-4-6-13(12)19/h3-7,11H,8-9H2,1-2H3,(H2,16,17,18). The summed E-state index contributed by atoms with van der Waals surface area (Å²) in [5.74, 6) is 1.34. The highest BCUT2D eigenvalue weighted by Crippen LogP contribution is 2.32. The normalized spacial score (nSPS) is 17.6. The van der Waals surface area contributed by atoms with Gasteiger partial charge in [0, 0.05) is 23.5 Å². The first kappa shape index (κ1) is 12.0. The predicted molar refractivity (Wildman–Crippen MR) is 77.0 cm³/mol. The number of hydrogen-bond acceptors (Lipinski definition) is 4. The van der Waals surface area contributed by atoms with Gasteiger partial charge in [0.1, 0.15) is 11.6 Å². The van der Waals surface area contributed by atoms with Crippen LogP contribution in [0, 0.1) is 6.92 Å². The SMILES string of the molecule is Cc1cc(N)nc(CN2c3ccccc3CC2C)n1. The third-order valence-electron chi connectivity index (χ3n) is 3.58. The van der Waals surface area contributed by atoms with Gasteiger partial charge in [0.25, 0.3) is 0 Å². The minimum Gasteiger partial charge on any atom is -0.384 e. The van der Waals surface area contributed by atoms with Gasteiger partial charge in [-0.3, -0.25) is 0 Å². The summed E-state index contributed by atoms with van der Waals surface area (Å²) in [4.78, 5) is 11.2. The Morgan fingerprint density at radius 2 is 2.11 bits per heavy atom. The molecule has 0 spiro atoms. The van der Waals surface area contributed by atoms with E-state index >= 15 is 0 Å². The molecule has 1 unspecified atom stereocenters. The lowest BCUT2D eigenvalue weighted by Crippen LogP contribution is -2.29. The van der Waals surface area contributed by atoms with Crippen molar-refractivity contribution in [3.63, 3.8) is 0 Å². The first-order valence-electron chi connectivity index (χ1n) is 6.58. The number of benzene rings is 1. The average molecular weight is 254 g/mol. The van der Waals surface area contributed by atoms with Crippen LogP contribution >= 0.6 is 0 Å². The van der Waals surface area contributed by atoms with E-state index in [-0.39, 0.29) is 0 Å². The first-order chi connectivity index (χ1) is 9.13. The minimum atomic E-state index is 0.475. The summed E-state index contributed by atoms with van der Waals surface area (Å²) >= 11 is 0. The molecule has 3 rings (SSSR count). The molecule has 0 aliphatic carbocycles. The molecule has 1 aromatic carbocycles. The van der Waals surface area contributed by atoms with Crippen LogP contribution in [-0.4, -0.2) is 16.0 Å². The molecule has 1 aromatic heterocycles. The molecule has 0 radical (unpaired) electrons. The molecular formula is C15H18N4. The molecule has 1 aliphatic rings. The molecule has 0 saturated carbocycles. The van der Waals surface area contributed by atoms with Gasteiger partial charge in [-0.05, 0) is 31.9 Å². The van der Waals surface area contributed by atoms with Crippen molar-refractivity contribution >= 4 is 11.5 Å². The fraction of sp³-hybridized carbons (Fsp3) is 0.333. The van der Waals surface area contributed by atoms with Gasteiger partial charge in [0.15, 0.2) is 0 Å². The van der Waals surface area contributed by atoms with E-state index in [0.29, 0.717) is 18.4 Å². The van der Waals surface area contributed by atoms with Crippen molar-refractivity contribution in [3.05, 3.63) is 47.4 Å². The third kappa shape index (κ3) is 2.26. The zero-order valence-electron chi connectivity index (χ0n) is 11.3. The van der Waals surface area contributed by atoms with Gasteiger partial charge in [-0.25, -0.2) is 9.97 Å². The van der Waals surface area contributed by atoms with E-state index in [1.54, 1.807) is 6.07 Å². The van der Waals surface area contributed by atoms with Crippen LogP contribution in [0.4, 0.5) is 11.5 Å². The van der Waals surface area contributed by atoms with Gasteiger partial charge in [-0.2, -0.15) is 0 Å². The monoisotopic (exact) mass is 254 g/mol. The molecule has 2 aromatic rings. The largest absolute Gasteiger partial charge is 0.384 e. The molecule has 1 aliphatic heterocycles. The number of aromatic nitrogens is 2. The van der Waals surface area contributed by atoms with Gasteiger partial charge in [-0.15, -0.1) is 0 Å². The van der Waals surface area contributed by atoms with E-state index in [4.69, 9.17) is 5.73 Å². The lowest BCUT2D eigenvalue weighted by molar-refractivity contribution is 0.654. The molecule has 0 amide bonds. The Morgan fingerprint density at radius 1 is 1.32 bits per heavy atom. The van der Waals surface area contributed by atoms with E-state index in [9.17, 15) is 0 Å². The van der Waals surface area contributed by atoms with E-state index in [1.165, 1.54) is 11.3 Å². The van der Waals surface area contributed by atoms with Crippen LogP contribution in [0.15, 0.2) is 30.3 Å². The Hall–Kier alpha value is -2.10. The highest BCUT2D eigenvalue weighted by molar-refractivity contribution is 5.59. The maximum atomic E-state index is 5.79. The third-order valence-corrected chi connectivity index (χ3v) is 3.58. The molecular weight excluding hydrogens is 236 g/mol. The summed E-state index contributed by atoms with van der Waals surface area (Å²) in [6.45, 7) is 4.89. The van der Waals surface area contributed by atoms with Gasteiger partial charge >= 0.3 is 0 Å². The summed E-state index contributed by atoms with van der Waals surface area (Å²) in [5, 5.41) is 0. The second-order valence-corrected chi connectivity index (χ2v) is 5.16. The molecule has 1 atom stereocenters. The van der Waals surface area contributed by atoms with Crippen LogP contribution in [0.5, 0.6) is 0 Å². The van der Waals surface area contributed by atoms with Crippen molar-refractivity contribution in [2.24, 2.45) is 0 Å². The number of hydrogen-bond donors (Lipinski definition) is 1. The van der Waals surface area contributed by atoms with Crippen molar-refractivity contribution in [2.45, 2.75) is 32.9 Å². The molecule has 98 valence electrons. The fourth-order valence-corrected chi connectivity index (χ4v) is 2.75. The number of nitrogens with two attached hydrogens (primary N) is 1. The number of rotatable bonds is 2. The minimum absolute atomic E-state index is 0.475. The molecule has 0 bridgehead atoms. The van der Waals surface area contributed by atoms with Crippen molar-refractivity contribution in [2.75, 3.05) is 10.6 Å². The summed E-state index contributed by atoms with van der Waals surface area (Å²) in [6.07, 6.45) is 1.08. The number of aryl methyl sites for hydroxylation is 1. The number of anilines is 2. The zero-order valence-corrected chi connectivity index (χ0v) is 11.3. The quantitative estimate of drug-likeness (QED) is 0.893. The van der Waals surface area contributed by atoms with Crippen LogP contribution < -0.4 is 10.6 Å². The van der Waals surface area contributed by atoms with Gasteiger partial charge in [0.2, 0.25) is 0 Å². The van der Waals surface area contributed by atoms with Crippen molar-refractivity contribution in [1.29, 1.82) is 0 Å². The number of fused-ring (bicyclic) bond motifs is 1. The number of nitrogen functional groups attached to an aromatic ring is 1. The van der Waals surface area contributed by atoms with E-state index < -0.39 is 0 Å². The predicted octanol–water partition coefficient (Wildman–Crippen LogP) is 2.32. The van der Waals surface area contributed by atoms with Gasteiger partial charge in [-0.1, -0.05) is 18.2 Å². The van der Waals surface area contributed by atoms with Crippen molar-refractivity contribution in [1.82, 2.24) is 9.97 Å². The second-order valence-electron chi connectivity index (χ2n) is 5.16. The highest BCUT2D eigenvalue weighted by Gasteiger charge is 2.26. The summed E-state index contributed by atoms with van der Waals surface area (Å²) in [7, 11) is 0. The Bertz CT molecular complexity index is 589. The fourth-order valence-electron chi connectivity index (χ4n) is 2.75. The van der Waals surface area contributed by atoms with Crippen molar-refractivity contribution in [3.8, 4) is 0 Å². The maximum Gasteiger partial charge on any atom is 0.150 e. The summed E-state index contributed by atoms with van der Waals surface area (Å²) in [6, 6.07) is 10.8. The first-order valence-corrected chi connectivity index (χ1v) is 6.58. The smallest absolute Gasteiger partial charge is 0.150 e. The lowest BCUT2D eigenvalue weighted by Gasteiger charge is -2.24. The van der Waals surface area contributed by atoms with Crippen LogP contribution in [0.25, 0.3) is 0 Å². The summed E-state index contributed by atoms with van der Waals surface area (Å²) in [5.41, 5.74) is 9.40. The van der Waals surface area contributed by atoms with Crippen LogP contribution in [0.3, 0.4) is 0 Å². The maximum absolute atomic E-state index is 5.79. The van der Waals surface area contributed by atoms with E-state index in [2.05, 4.69) is 46.1 Å².